The molecule has 0 saturated carbocycles. The van der Waals surface area contributed by atoms with Crippen LogP contribution in [0.2, 0.25) is 0 Å². The molecule has 1 N–H and O–H groups in total. The zero-order valence-electron chi connectivity index (χ0n) is 14.9. The molecule has 2 aliphatic rings. The maximum atomic E-state index is 13.1. The van der Waals surface area contributed by atoms with E-state index in [-0.39, 0.29) is 18.1 Å². The smallest absolute Gasteiger partial charge is 0.252 e. The summed E-state index contributed by atoms with van der Waals surface area (Å²) < 4.78 is 5.63. The zero-order valence-corrected chi connectivity index (χ0v) is 14.9. The van der Waals surface area contributed by atoms with E-state index in [1.165, 1.54) is 0 Å². The summed E-state index contributed by atoms with van der Waals surface area (Å²) >= 11 is 0. The first-order valence-electron chi connectivity index (χ1n) is 9.47. The number of carbonyl (C=O) groups excluding carboxylic acids is 1. The van der Waals surface area contributed by atoms with Gasteiger partial charge < -0.3 is 14.7 Å². The average molecular weight is 351 g/mol. The normalized spacial score (nSPS) is 23.3. The van der Waals surface area contributed by atoms with Crippen molar-refractivity contribution in [3.8, 4) is 0 Å². The number of aliphatic hydroxyl groups is 1. The first kappa shape index (κ1) is 17.3. The van der Waals surface area contributed by atoms with Crippen LogP contribution in [0.25, 0.3) is 0 Å². The minimum absolute atomic E-state index is 0.0234. The largest absolute Gasteiger partial charge is 0.378 e. The molecule has 0 radical (unpaired) electrons. The molecule has 0 aromatic heterocycles. The van der Waals surface area contributed by atoms with Crippen molar-refractivity contribution in [3.63, 3.8) is 0 Å². The highest BCUT2D eigenvalue weighted by Crippen LogP contribution is 2.40. The highest BCUT2D eigenvalue weighted by Gasteiger charge is 2.48. The zero-order chi connectivity index (χ0) is 18.0. The molecule has 136 valence electrons. The Bertz CT molecular complexity index is 701. The Morgan fingerprint density at radius 3 is 2.12 bits per heavy atom. The fourth-order valence-corrected chi connectivity index (χ4v) is 4.36. The lowest BCUT2D eigenvalue weighted by molar-refractivity contribution is -0.146. The molecule has 2 heterocycles. The summed E-state index contributed by atoms with van der Waals surface area (Å²) in [4.78, 5) is 14.9. The minimum atomic E-state index is -1.23. The Morgan fingerprint density at radius 2 is 1.58 bits per heavy atom. The molecule has 4 rings (SSSR count). The lowest BCUT2D eigenvalue weighted by Crippen LogP contribution is -2.52. The maximum Gasteiger partial charge on any atom is 0.252 e. The first-order chi connectivity index (χ1) is 12.7. The lowest BCUT2D eigenvalue weighted by atomic mass is 9.79. The highest BCUT2D eigenvalue weighted by molar-refractivity contribution is 5.82. The second kappa shape index (κ2) is 7.22. The number of amides is 1. The summed E-state index contributed by atoms with van der Waals surface area (Å²) in [6.07, 6.45) is 3.02. The summed E-state index contributed by atoms with van der Waals surface area (Å²) in [5.41, 5.74) is 0.416. The Kier molecular flexibility index (Phi) is 4.79. The monoisotopic (exact) mass is 351 g/mol. The number of ether oxygens (including phenoxy) is 1. The molecule has 2 aliphatic heterocycles. The van der Waals surface area contributed by atoms with Gasteiger partial charge in [0.25, 0.3) is 5.91 Å². The number of nitrogens with zero attached hydrogens (tertiary/aromatic N) is 1. The van der Waals surface area contributed by atoms with Crippen molar-refractivity contribution in [2.45, 2.75) is 43.4 Å². The highest BCUT2D eigenvalue weighted by atomic mass is 16.5. The van der Waals surface area contributed by atoms with E-state index in [2.05, 4.69) is 0 Å². The molecule has 0 aliphatic carbocycles. The van der Waals surface area contributed by atoms with Crippen molar-refractivity contribution in [1.29, 1.82) is 0 Å². The van der Waals surface area contributed by atoms with E-state index in [0.717, 1.165) is 36.8 Å². The van der Waals surface area contributed by atoms with Crippen LogP contribution in [0, 0.1) is 0 Å². The van der Waals surface area contributed by atoms with Crippen LogP contribution < -0.4 is 0 Å². The van der Waals surface area contributed by atoms with E-state index in [1.54, 1.807) is 0 Å². The van der Waals surface area contributed by atoms with Crippen LogP contribution in [-0.4, -0.2) is 41.2 Å². The third-order valence-corrected chi connectivity index (χ3v) is 5.65. The molecular formula is C22H25NO3. The van der Waals surface area contributed by atoms with E-state index < -0.39 is 5.60 Å². The van der Waals surface area contributed by atoms with Gasteiger partial charge in [0.15, 0.2) is 0 Å². The number of hydrogen-bond acceptors (Lipinski definition) is 3. The Hall–Kier alpha value is -2.17. The fourth-order valence-electron chi connectivity index (χ4n) is 4.36. The second-order valence-electron chi connectivity index (χ2n) is 7.19. The molecule has 2 saturated heterocycles. The quantitative estimate of drug-likeness (QED) is 0.921. The standard InChI is InChI=1S/C22H25NO3/c24-21(19-13-8-16-26-19)23-15-7-14-20(23)22(25,17-9-3-1-4-10-17)18-11-5-2-6-12-18/h1-6,9-12,19-20,25H,7-8,13-16H2/t19-,20+/m1/s1. The van der Waals surface area contributed by atoms with Crippen LogP contribution in [-0.2, 0) is 15.1 Å². The van der Waals surface area contributed by atoms with E-state index in [9.17, 15) is 9.90 Å². The molecule has 4 heteroatoms. The number of likely N-dealkylation sites (tertiary alicyclic amines) is 1. The second-order valence-corrected chi connectivity index (χ2v) is 7.19. The molecule has 1 amide bonds. The van der Waals surface area contributed by atoms with Crippen LogP contribution in [0.3, 0.4) is 0 Å². The molecule has 0 bridgehead atoms. The van der Waals surface area contributed by atoms with Gasteiger partial charge in [-0.25, -0.2) is 0 Å². The van der Waals surface area contributed by atoms with Gasteiger partial charge in [0.05, 0.1) is 6.04 Å². The molecule has 0 unspecified atom stereocenters. The molecule has 2 aromatic rings. The number of benzene rings is 2. The molecule has 0 spiro atoms. The summed E-state index contributed by atoms with van der Waals surface area (Å²) in [7, 11) is 0. The van der Waals surface area contributed by atoms with Crippen molar-refractivity contribution in [2.24, 2.45) is 0 Å². The van der Waals surface area contributed by atoms with Gasteiger partial charge >= 0.3 is 0 Å². The van der Waals surface area contributed by atoms with E-state index in [4.69, 9.17) is 4.74 Å². The summed E-state index contributed by atoms with van der Waals surface area (Å²) in [5.74, 6) is 0.0234. The number of rotatable bonds is 4. The van der Waals surface area contributed by atoms with Crippen molar-refractivity contribution in [1.82, 2.24) is 4.90 Å². The summed E-state index contributed by atoms with van der Waals surface area (Å²) in [6.45, 7) is 1.32. The third-order valence-electron chi connectivity index (χ3n) is 5.65. The van der Waals surface area contributed by atoms with Gasteiger partial charge in [-0.1, -0.05) is 60.7 Å². The van der Waals surface area contributed by atoms with Crippen molar-refractivity contribution >= 4 is 5.91 Å². The van der Waals surface area contributed by atoms with E-state index in [0.29, 0.717) is 13.2 Å². The molecular weight excluding hydrogens is 326 g/mol. The fraction of sp³-hybridized carbons (Fsp3) is 0.409. The molecule has 2 fully saturated rings. The van der Waals surface area contributed by atoms with Gasteiger partial charge in [-0.15, -0.1) is 0 Å². The molecule has 4 nitrogen and oxygen atoms in total. The van der Waals surface area contributed by atoms with Crippen LogP contribution in [0.15, 0.2) is 60.7 Å². The predicted octanol–water partition coefficient (Wildman–Crippen LogP) is 3.09. The maximum absolute atomic E-state index is 13.1. The van der Waals surface area contributed by atoms with Crippen LogP contribution in [0.4, 0.5) is 0 Å². The van der Waals surface area contributed by atoms with Crippen molar-refractivity contribution in [2.75, 3.05) is 13.2 Å². The van der Waals surface area contributed by atoms with Gasteiger partial charge in [0.2, 0.25) is 0 Å². The minimum Gasteiger partial charge on any atom is -0.378 e. The van der Waals surface area contributed by atoms with E-state index in [1.807, 2.05) is 65.6 Å². The Balaban J connectivity index is 1.75. The summed E-state index contributed by atoms with van der Waals surface area (Å²) in [6, 6.07) is 19.1. The molecule has 26 heavy (non-hydrogen) atoms. The Morgan fingerprint density at radius 1 is 0.962 bits per heavy atom. The summed E-state index contributed by atoms with van der Waals surface area (Å²) in [5, 5.41) is 12.0. The lowest BCUT2D eigenvalue weighted by Gasteiger charge is -2.40. The average Bonchev–Trinajstić information content (AvgIpc) is 3.40. The van der Waals surface area contributed by atoms with Gasteiger partial charge in [0, 0.05) is 13.2 Å². The van der Waals surface area contributed by atoms with E-state index >= 15 is 0 Å². The SMILES string of the molecule is O=C([C@H]1CCCO1)N1CCC[C@H]1C(O)(c1ccccc1)c1ccccc1. The Labute approximate surface area is 154 Å². The van der Waals surface area contributed by atoms with Crippen molar-refractivity contribution < 1.29 is 14.6 Å². The number of carbonyl (C=O) groups is 1. The third kappa shape index (κ3) is 2.93. The van der Waals surface area contributed by atoms with Gasteiger partial charge in [-0.3, -0.25) is 4.79 Å². The topological polar surface area (TPSA) is 49.8 Å². The van der Waals surface area contributed by atoms with Crippen LogP contribution >= 0.6 is 0 Å². The number of hydrogen-bond donors (Lipinski definition) is 1. The molecule has 2 aromatic carbocycles. The van der Waals surface area contributed by atoms with Crippen LogP contribution in [0.1, 0.15) is 36.8 Å². The first-order valence-corrected chi connectivity index (χ1v) is 9.47. The van der Waals surface area contributed by atoms with Crippen molar-refractivity contribution in [3.05, 3.63) is 71.8 Å². The van der Waals surface area contributed by atoms with Gasteiger partial charge in [-0.2, -0.15) is 0 Å². The van der Waals surface area contributed by atoms with Crippen LogP contribution in [0.5, 0.6) is 0 Å². The van der Waals surface area contributed by atoms with Gasteiger partial charge in [-0.05, 0) is 36.8 Å². The predicted molar refractivity (Wildman–Crippen MR) is 99.6 cm³/mol. The molecule has 2 atom stereocenters. The van der Waals surface area contributed by atoms with Gasteiger partial charge in [0.1, 0.15) is 11.7 Å².